The molecule has 0 bridgehead atoms. The number of rotatable bonds is 6. The number of nitrogens with zero attached hydrogens (tertiary/aromatic N) is 4. The number of benzene rings is 9. The quantitative estimate of drug-likeness (QED) is 0.182. The first-order valence-corrected chi connectivity index (χ1v) is 21.4. The molecule has 296 valence electrons. The highest BCUT2D eigenvalue weighted by Gasteiger charge is 2.28. The third-order valence-corrected chi connectivity index (χ3v) is 12.6. The molecule has 12 aromatic rings. The van der Waals surface area contributed by atoms with Crippen molar-refractivity contribution in [1.29, 1.82) is 0 Å². The first-order valence-electron chi connectivity index (χ1n) is 21.4. The molecule has 9 aromatic carbocycles. The van der Waals surface area contributed by atoms with Crippen molar-refractivity contribution < 1.29 is 4.42 Å². The second kappa shape index (κ2) is 14.0. The predicted molar refractivity (Wildman–Crippen MR) is 260 cm³/mol. The van der Waals surface area contributed by atoms with E-state index >= 15 is 0 Å². The fourth-order valence-electron chi connectivity index (χ4n) is 9.73. The van der Waals surface area contributed by atoms with Crippen molar-refractivity contribution in [3.05, 3.63) is 229 Å². The number of aliphatic imine (C=N–C) groups is 2. The molecule has 0 saturated heterocycles. The number of fused-ring (bicyclic) bond motifs is 9. The maximum atomic E-state index is 7.47. The fraction of sp³-hybridized carbons (Fsp3) is 0.0175. The molecule has 1 aliphatic heterocycles. The normalized spacial score (nSPS) is 14.2. The minimum atomic E-state index is -0.377. The van der Waals surface area contributed by atoms with Crippen LogP contribution < -0.4 is 5.32 Å². The average Bonchev–Trinajstić information content (AvgIpc) is 4.02. The number of para-hydroxylation sites is 4. The molecular formula is C57H37N5O. The van der Waals surface area contributed by atoms with Gasteiger partial charge in [-0.1, -0.05) is 170 Å². The minimum Gasteiger partial charge on any atom is -0.452 e. The summed E-state index contributed by atoms with van der Waals surface area (Å²) in [6.45, 7) is 0. The molecule has 0 saturated carbocycles. The summed E-state index contributed by atoms with van der Waals surface area (Å²) >= 11 is 0. The monoisotopic (exact) mass is 807 g/mol. The maximum absolute atomic E-state index is 7.47. The topological polar surface area (TPSA) is 59.8 Å². The third-order valence-electron chi connectivity index (χ3n) is 12.6. The highest BCUT2D eigenvalue weighted by atomic mass is 16.3. The van der Waals surface area contributed by atoms with Gasteiger partial charge in [0.15, 0.2) is 17.0 Å². The highest BCUT2D eigenvalue weighted by Crippen LogP contribution is 2.44. The largest absolute Gasteiger partial charge is 0.452 e. The average molecular weight is 808 g/mol. The van der Waals surface area contributed by atoms with Gasteiger partial charge < -0.3 is 18.9 Å². The Morgan fingerprint density at radius 3 is 1.63 bits per heavy atom. The number of nitrogens with one attached hydrogen (secondary N) is 1. The molecule has 0 radical (unpaired) electrons. The molecule has 1 atom stereocenters. The van der Waals surface area contributed by atoms with Gasteiger partial charge in [-0.3, -0.25) is 0 Å². The van der Waals surface area contributed by atoms with Crippen LogP contribution in [0, 0.1) is 0 Å². The molecular weight excluding hydrogens is 771 g/mol. The molecule has 0 aliphatic carbocycles. The molecule has 1 aliphatic rings. The molecule has 0 spiro atoms. The molecule has 6 heteroatoms. The molecule has 0 fully saturated rings. The van der Waals surface area contributed by atoms with E-state index in [2.05, 4.69) is 203 Å². The summed E-state index contributed by atoms with van der Waals surface area (Å²) in [5, 5.41) is 10.6. The van der Waals surface area contributed by atoms with Gasteiger partial charge in [-0.05, 0) is 59.2 Å². The van der Waals surface area contributed by atoms with Crippen LogP contribution in [0.4, 0.5) is 0 Å². The summed E-state index contributed by atoms with van der Waals surface area (Å²) in [5.74, 6) is 1.37. The molecule has 4 heterocycles. The lowest BCUT2D eigenvalue weighted by Gasteiger charge is -2.25. The van der Waals surface area contributed by atoms with Gasteiger partial charge in [0.05, 0.1) is 27.8 Å². The van der Waals surface area contributed by atoms with Crippen LogP contribution in [0.1, 0.15) is 22.9 Å². The molecule has 6 nitrogen and oxygen atoms in total. The Morgan fingerprint density at radius 1 is 0.413 bits per heavy atom. The molecule has 13 rings (SSSR count). The molecule has 1 unspecified atom stereocenters. The van der Waals surface area contributed by atoms with E-state index in [9.17, 15) is 0 Å². The Labute approximate surface area is 362 Å². The van der Waals surface area contributed by atoms with Gasteiger partial charge in [-0.25, -0.2) is 9.98 Å². The van der Waals surface area contributed by atoms with Crippen LogP contribution >= 0.6 is 0 Å². The lowest BCUT2D eigenvalue weighted by Crippen LogP contribution is -2.34. The van der Waals surface area contributed by atoms with Gasteiger partial charge in [0.1, 0.15) is 17.7 Å². The van der Waals surface area contributed by atoms with Crippen LogP contribution in [0.2, 0.25) is 0 Å². The van der Waals surface area contributed by atoms with E-state index in [1.54, 1.807) is 0 Å². The van der Waals surface area contributed by atoms with Gasteiger partial charge >= 0.3 is 0 Å². The Kier molecular flexibility index (Phi) is 7.87. The summed E-state index contributed by atoms with van der Waals surface area (Å²) in [6.07, 6.45) is -0.377. The summed E-state index contributed by atoms with van der Waals surface area (Å²) in [7, 11) is 0. The SMILES string of the molecule is c1ccc(C2=NC(c3ccccc3)NC(c3ccc4c(oc5c(-n6c7ccccc7c7ccccc76)cccc54)c3-n3c4ccccc4c4ccc(-c5ccccc5)cc43)=N2)cc1. The lowest BCUT2D eigenvalue weighted by molar-refractivity contribution is 0.662. The standard InChI is InChI=1S/C57H37N5O/c1-4-17-36(18-5-1)39-31-32-43-42-25-12-15-29-49(42)62(51(43)35-39)52-46(57-59-55(37-19-6-2-7-20-37)58-56(60-57)38-21-8-3-9-22-38)34-33-45-44-26-16-30-50(53(44)63-54(45)52)61-47-27-13-10-23-40(47)41-24-11-14-28-48(41)61/h1-35,55H,(H,58,59,60). The Bertz CT molecular complexity index is 3770. The molecule has 63 heavy (non-hydrogen) atoms. The summed E-state index contributed by atoms with van der Waals surface area (Å²) < 4.78 is 12.2. The van der Waals surface area contributed by atoms with Crippen LogP contribution in [0.15, 0.2) is 227 Å². The van der Waals surface area contributed by atoms with Crippen molar-refractivity contribution >= 4 is 77.2 Å². The van der Waals surface area contributed by atoms with E-state index in [0.29, 0.717) is 11.7 Å². The zero-order valence-electron chi connectivity index (χ0n) is 34.0. The van der Waals surface area contributed by atoms with Gasteiger partial charge in [0, 0.05) is 43.4 Å². The molecule has 0 amide bonds. The van der Waals surface area contributed by atoms with E-state index in [1.165, 1.54) is 10.8 Å². The summed E-state index contributed by atoms with van der Waals surface area (Å²) in [5.41, 5.74) is 13.1. The van der Waals surface area contributed by atoms with Crippen molar-refractivity contribution in [3.63, 3.8) is 0 Å². The zero-order chi connectivity index (χ0) is 41.4. The van der Waals surface area contributed by atoms with Crippen molar-refractivity contribution in [2.45, 2.75) is 6.17 Å². The second-order valence-electron chi connectivity index (χ2n) is 16.2. The predicted octanol–water partition coefficient (Wildman–Crippen LogP) is 13.9. The van der Waals surface area contributed by atoms with Crippen LogP contribution in [-0.4, -0.2) is 20.8 Å². The first kappa shape index (κ1) is 35.3. The minimum absolute atomic E-state index is 0.377. The highest BCUT2D eigenvalue weighted by molar-refractivity contribution is 6.21. The number of hydrogen-bond acceptors (Lipinski definition) is 4. The number of hydrogen-bond donors (Lipinski definition) is 1. The van der Waals surface area contributed by atoms with E-state index in [-0.39, 0.29) is 6.17 Å². The zero-order valence-corrected chi connectivity index (χ0v) is 34.0. The molecule has 1 N–H and O–H groups in total. The second-order valence-corrected chi connectivity index (χ2v) is 16.2. The Balaban J connectivity index is 1.15. The van der Waals surface area contributed by atoms with E-state index in [1.807, 2.05) is 24.3 Å². The summed E-state index contributed by atoms with van der Waals surface area (Å²) in [4.78, 5) is 10.6. The van der Waals surface area contributed by atoms with Gasteiger partial charge in [-0.15, -0.1) is 0 Å². The smallest absolute Gasteiger partial charge is 0.160 e. The van der Waals surface area contributed by atoms with Crippen molar-refractivity contribution in [2.24, 2.45) is 9.98 Å². The van der Waals surface area contributed by atoms with Gasteiger partial charge in [0.2, 0.25) is 0 Å². The number of furan rings is 1. The fourth-order valence-corrected chi connectivity index (χ4v) is 9.73. The summed E-state index contributed by atoms with van der Waals surface area (Å²) in [6, 6.07) is 74.9. The Hall–Kier alpha value is -8.48. The van der Waals surface area contributed by atoms with Gasteiger partial charge in [0.25, 0.3) is 0 Å². The van der Waals surface area contributed by atoms with Crippen LogP contribution in [0.5, 0.6) is 0 Å². The van der Waals surface area contributed by atoms with E-state index < -0.39 is 0 Å². The number of amidine groups is 2. The van der Waals surface area contributed by atoms with E-state index in [0.717, 1.165) is 94.0 Å². The van der Waals surface area contributed by atoms with Crippen LogP contribution in [0.3, 0.4) is 0 Å². The van der Waals surface area contributed by atoms with Crippen LogP contribution in [0.25, 0.3) is 88.1 Å². The Morgan fingerprint density at radius 2 is 0.952 bits per heavy atom. The molecule has 3 aromatic heterocycles. The third kappa shape index (κ3) is 5.51. The van der Waals surface area contributed by atoms with Crippen molar-refractivity contribution in [1.82, 2.24) is 14.5 Å². The lowest BCUT2D eigenvalue weighted by atomic mass is 10.0. The van der Waals surface area contributed by atoms with Crippen molar-refractivity contribution in [3.8, 4) is 22.5 Å². The number of aromatic nitrogens is 2. The van der Waals surface area contributed by atoms with Crippen molar-refractivity contribution in [2.75, 3.05) is 0 Å². The first-order chi connectivity index (χ1) is 31.3. The maximum Gasteiger partial charge on any atom is 0.160 e. The van der Waals surface area contributed by atoms with Gasteiger partial charge in [-0.2, -0.15) is 0 Å². The van der Waals surface area contributed by atoms with E-state index in [4.69, 9.17) is 14.4 Å². The van der Waals surface area contributed by atoms with Crippen LogP contribution in [-0.2, 0) is 0 Å².